The van der Waals surface area contributed by atoms with E-state index >= 15 is 0 Å². The molecule has 0 aliphatic carbocycles. The zero-order valence-electron chi connectivity index (χ0n) is 12.4. The van der Waals surface area contributed by atoms with Crippen LogP contribution in [0.5, 0.6) is 0 Å². The van der Waals surface area contributed by atoms with E-state index in [0.29, 0.717) is 37.9 Å². The van der Waals surface area contributed by atoms with Gasteiger partial charge in [0, 0.05) is 12.8 Å². The highest BCUT2D eigenvalue weighted by Crippen LogP contribution is 2.01. The number of rotatable bonds is 10. The van der Waals surface area contributed by atoms with Crippen LogP contribution in [0.15, 0.2) is 0 Å². The fourth-order valence-electron chi connectivity index (χ4n) is 1.32. The maximum absolute atomic E-state index is 11.2. The molecule has 112 valence electrons. The van der Waals surface area contributed by atoms with Gasteiger partial charge in [0.25, 0.3) is 0 Å². The van der Waals surface area contributed by atoms with E-state index in [-0.39, 0.29) is 25.2 Å². The first-order chi connectivity index (χ1) is 8.91. The maximum Gasteiger partial charge on any atom is 0.306 e. The molecule has 0 aromatic heterocycles. The summed E-state index contributed by atoms with van der Waals surface area (Å²) < 4.78 is 15.1. The molecule has 0 saturated heterocycles. The van der Waals surface area contributed by atoms with Crippen molar-refractivity contribution in [3.63, 3.8) is 0 Å². The molecule has 19 heavy (non-hydrogen) atoms. The lowest BCUT2D eigenvalue weighted by Crippen LogP contribution is -2.15. The zero-order chi connectivity index (χ0) is 14.7. The van der Waals surface area contributed by atoms with Crippen LogP contribution in [0.3, 0.4) is 0 Å². The first kappa shape index (κ1) is 17.9. The van der Waals surface area contributed by atoms with Crippen molar-refractivity contribution in [3.8, 4) is 0 Å². The lowest BCUT2D eigenvalue weighted by Gasteiger charge is -2.08. The molecule has 0 unspecified atom stereocenters. The number of hydrogen-bond donors (Lipinski definition) is 0. The fourth-order valence-corrected chi connectivity index (χ4v) is 1.32. The Bertz CT molecular complexity index is 235. The maximum atomic E-state index is 11.2. The number of carbonyl (C=O) groups is 2. The van der Waals surface area contributed by atoms with E-state index in [4.69, 9.17) is 14.2 Å². The van der Waals surface area contributed by atoms with Crippen molar-refractivity contribution in [2.24, 2.45) is 11.8 Å². The fraction of sp³-hybridized carbons (Fsp3) is 0.857. The molecule has 0 atom stereocenters. The van der Waals surface area contributed by atoms with Crippen molar-refractivity contribution in [2.45, 2.75) is 40.5 Å². The topological polar surface area (TPSA) is 61.8 Å². The average molecular weight is 274 g/mol. The summed E-state index contributed by atoms with van der Waals surface area (Å²) in [5.41, 5.74) is 0. The molecule has 0 radical (unpaired) electrons. The van der Waals surface area contributed by atoms with Crippen LogP contribution >= 0.6 is 0 Å². The molecule has 0 N–H and O–H groups in total. The Kier molecular flexibility index (Phi) is 10.2. The molecule has 0 bridgehead atoms. The molecule has 0 saturated carbocycles. The monoisotopic (exact) mass is 274 g/mol. The predicted octanol–water partition coefficient (Wildman–Crippen LogP) is 2.18. The Hall–Kier alpha value is -1.10. The van der Waals surface area contributed by atoms with E-state index in [2.05, 4.69) is 0 Å². The van der Waals surface area contributed by atoms with Gasteiger partial charge >= 0.3 is 11.9 Å². The summed E-state index contributed by atoms with van der Waals surface area (Å²) in [6, 6.07) is 0. The van der Waals surface area contributed by atoms with Gasteiger partial charge in [-0.15, -0.1) is 0 Å². The van der Waals surface area contributed by atoms with Gasteiger partial charge < -0.3 is 14.2 Å². The van der Waals surface area contributed by atoms with E-state index in [1.807, 2.05) is 27.7 Å². The molecule has 0 aromatic carbocycles. The van der Waals surface area contributed by atoms with Crippen molar-refractivity contribution < 1.29 is 23.8 Å². The highest BCUT2D eigenvalue weighted by molar-refractivity contribution is 5.69. The van der Waals surface area contributed by atoms with Crippen LogP contribution < -0.4 is 0 Å². The first-order valence-electron chi connectivity index (χ1n) is 6.80. The minimum atomic E-state index is -0.207. The molecule has 5 heteroatoms. The van der Waals surface area contributed by atoms with Gasteiger partial charge in [-0.05, 0) is 11.8 Å². The Balaban J connectivity index is 3.32. The van der Waals surface area contributed by atoms with Gasteiger partial charge in [0.15, 0.2) is 0 Å². The Labute approximate surface area is 115 Å². The van der Waals surface area contributed by atoms with Gasteiger partial charge in [-0.1, -0.05) is 27.7 Å². The summed E-state index contributed by atoms with van der Waals surface area (Å²) in [6.45, 7) is 8.98. The second-order valence-corrected chi connectivity index (χ2v) is 5.25. The lowest BCUT2D eigenvalue weighted by molar-refractivity contribution is -0.147. The van der Waals surface area contributed by atoms with E-state index in [1.54, 1.807) is 0 Å². The molecule has 0 aliphatic rings. The minimum Gasteiger partial charge on any atom is -0.463 e. The number of esters is 2. The van der Waals surface area contributed by atoms with E-state index in [1.165, 1.54) is 0 Å². The molecule has 0 fully saturated rings. The summed E-state index contributed by atoms with van der Waals surface area (Å²) in [5, 5.41) is 0. The number of hydrogen-bond acceptors (Lipinski definition) is 5. The third-order valence-corrected chi connectivity index (χ3v) is 2.13. The normalized spacial score (nSPS) is 10.8. The largest absolute Gasteiger partial charge is 0.463 e. The van der Waals surface area contributed by atoms with Crippen LogP contribution in [0.1, 0.15) is 40.5 Å². The standard InChI is InChI=1S/C14H26O5/c1-11(2)9-13(15)18-7-5-17-6-8-19-14(16)10-12(3)4/h11-12H,5-10H2,1-4H3. The molecule has 0 rings (SSSR count). The molecular formula is C14H26O5. The van der Waals surface area contributed by atoms with E-state index in [0.717, 1.165) is 0 Å². The SMILES string of the molecule is CC(C)CC(=O)OCCOCCOC(=O)CC(C)C. The minimum absolute atomic E-state index is 0.207. The first-order valence-corrected chi connectivity index (χ1v) is 6.80. The van der Waals surface area contributed by atoms with Gasteiger partial charge in [-0.2, -0.15) is 0 Å². The number of carbonyl (C=O) groups excluding carboxylic acids is 2. The molecule has 0 aliphatic heterocycles. The summed E-state index contributed by atoms with van der Waals surface area (Å²) in [4.78, 5) is 22.4. The average Bonchev–Trinajstić information content (AvgIpc) is 2.25. The second-order valence-electron chi connectivity index (χ2n) is 5.25. The van der Waals surface area contributed by atoms with Gasteiger partial charge in [-0.3, -0.25) is 9.59 Å². The number of ether oxygens (including phenoxy) is 3. The van der Waals surface area contributed by atoms with Crippen LogP contribution in [0, 0.1) is 11.8 Å². The van der Waals surface area contributed by atoms with Crippen LogP contribution in [0.25, 0.3) is 0 Å². The van der Waals surface area contributed by atoms with Crippen molar-refractivity contribution >= 4 is 11.9 Å². The predicted molar refractivity (Wildman–Crippen MR) is 71.6 cm³/mol. The van der Waals surface area contributed by atoms with Crippen LogP contribution in [0.2, 0.25) is 0 Å². The summed E-state index contributed by atoms with van der Waals surface area (Å²) in [7, 11) is 0. The molecule has 0 amide bonds. The highest BCUT2D eigenvalue weighted by Gasteiger charge is 2.06. The highest BCUT2D eigenvalue weighted by atomic mass is 16.6. The Morgan fingerprint density at radius 2 is 1.11 bits per heavy atom. The Morgan fingerprint density at radius 3 is 1.42 bits per heavy atom. The summed E-state index contributed by atoms with van der Waals surface area (Å²) >= 11 is 0. The van der Waals surface area contributed by atoms with Gasteiger partial charge in [-0.25, -0.2) is 0 Å². The third kappa shape index (κ3) is 13.1. The Morgan fingerprint density at radius 1 is 0.737 bits per heavy atom. The zero-order valence-corrected chi connectivity index (χ0v) is 12.4. The molecule has 0 spiro atoms. The molecule has 0 aromatic rings. The smallest absolute Gasteiger partial charge is 0.306 e. The summed E-state index contributed by atoms with van der Waals surface area (Å²) in [5.74, 6) is 0.187. The second kappa shape index (κ2) is 10.8. The van der Waals surface area contributed by atoms with Gasteiger partial charge in [0.1, 0.15) is 13.2 Å². The van der Waals surface area contributed by atoms with Crippen LogP contribution in [-0.4, -0.2) is 38.4 Å². The van der Waals surface area contributed by atoms with Crippen molar-refractivity contribution in [2.75, 3.05) is 26.4 Å². The van der Waals surface area contributed by atoms with E-state index in [9.17, 15) is 9.59 Å². The van der Waals surface area contributed by atoms with Crippen LogP contribution in [0.4, 0.5) is 0 Å². The lowest BCUT2D eigenvalue weighted by atomic mass is 10.1. The van der Waals surface area contributed by atoms with Gasteiger partial charge in [0.05, 0.1) is 13.2 Å². The molecule has 5 nitrogen and oxygen atoms in total. The summed E-state index contributed by atoms with van der Waals surface area (Å²) in [6.07, 6.45) is 0.847. The van der Waals surface area contributed by atoms with Crippen molar-refractivity contribution in [1.82, 2.24) is 0 Å². The van der Waals surface area contributed by atoms with Crippen LogP contribution in [-0.2, 0) is 23.8 Å². The third-order valence-electron chi connectivity index (χ3n) is 2.13. The molecular weight excluding hydrogens is 248 g/mol. The van der Waals surface area contributed by atoms with Crippen molar-refractivity contribution in [3.05, 3.63) is 0 Å². The van der Waals surface area contributed by atoms with Gasteiger partial charge in [0.2, 0.25) is 0 Å². The molecule has 0 heterocycles. The van der Waals surface area contributed by atoms with Crippen molar-refractivity contribution in [1.29, 1.82) is 0 Å². The quantitative estimate of drug-likeness (QED) is 0.451. The van der Waals surface area contributed by atoms with E-state index < -0.39 is 0 Å².